The largest absolute Gasteiger partial charge is 0.474 e. The number of anilines is 2. The third-order valence-electron chi connectivity index (χ3n) is 5.47. The van der Waals surface area contributed by atoms with Crippen molar-refractivity contribution in [1.82, 2.24) is 14.9 Å². The Kier molecular flexibility index (Phi) is 6.01. The van der Waals surface area contributed by atoms with E-state index >= 15 is 0 Å². The van der Waals surface area contributed by atoms with Gasteiger partial charge in [-0.2, -0.15) is 5.10 Å². The lowest BCUT2D eigenvalue weighted by Gasteiger charge is -2.16. The topological polar surface area (TPSA) is 85.8 Å². The molecule has 0 amide bonds. The van der Waals surface area contributed by atoms with Crippen LogP contribution in [-0.2, 0) is 11.3 Å². The Balaban J connectivity index is 1.38. The van der Waals surface area contributed by atoms with Crippen LogP contribution in [0.5, 0.6) is 0 Å². The van der Waals surface area contributed by atoms with E-state index in [9.17, 15) is 4.39 Å². The minimum absolute atomic E-state index is 0.0577. The highest BCUT2D eigenvalue weighted by Gasteiger charge is 2.30. The van der Waals surface area contributed by atoms with Gasteiger partial charge in [0.05, 0.1) is 5.69 Å². The van der Waals surface area contributed by atoms with Gasteiger partial charge in [0, 0.05) is 40.3 Å². The molecule has 30 heavy (non-hydrogen) atoms. The number of H-pyrrole nitrogens is 1. The lowest BCUT2D eigenvalue weighted by atomic mass is 10.00. The summed E-state index contributed by atoms with van der Waals surface area (Å²) >= 11 is 1.45. The number of aromatic nitrogens is 2. The van der Waals surface area contributed by atoms with Crippen LogP contribution in [0.1, 0.15) is 43.4 Å². The highest BCUT2D eigenvalue weighted by atomic mass is 32.2. The fourth-order valence-electron chi connectivity index (χ4n) is 3.87. The maximum Gasteiger partial charge on any atom is 0.212 e. The number of hydrogen-bond acceptors (Lipinski definition) is 6. The van der Waals surface area contributed by atoms with E-state index in [1.807, 2.05) is 12.1 Å². The normalized spacial score (nSPS) is 20.8. The van der Waals surface area contributed by atoms with Crippen molar-refractivity contribution < 1.29 is 9.13 Å². The second kappa shape index (κ2) is 8.69. The third-order valence-corrected chi connectivity index (χ3v) is 6.36. The minimum atomic E-state index is -0.247. The van der Waals surface area contributed by atoms with Crippen molar-refractivity contribution in [2.75, 3.05) is 5.32 Å². The molecule has 2 radical (unpaired) electrons. The second-order valence-corrected chi connectivity index (χ2v) is 8.53. The summed E-state index contributed by atoms with van der Waals surface area (Å²) < 4.78 is 23.6. The zero-order valence-electron chi connectivity index (χ0n) is 16.7. The molecule has 1 aliphatic heterocycles. The van der Waals surface area contributed by atoms with Gasteiger partial charge in [-0.1, -0.05) is 6.58 Å². The molecule has 2 unspecified atom stereocenters. The highest BCUT2D eigenvalue weighted by molar-refractivity contribution is 7.97. The third kappa shape index (κ3) is 4.18. The first-order valence-electron chi connectivity index (χ1n) is 9.83. The molecule has 0 bridgehead atoms. The standard InChI is InChI=1S/C21H23BFN5OS/c1-11(2)14(9-22)21(24)29-13-4-3-12(7-13)17-8-19(28-27-17)26-16-5-6-18-15(20(16)23)10-25-30-18/h5-6,8-9,12-13,24-25H,1,3-4,7,10H2,2H3,(H2,26,27,28)/b14-9-,24-21?. The minimum Gasteiger partial charge on any atom is -0.474 e. The number of fused-ring (bicyclic) bond motifs is 1. The van der Waals surface area contributed by atoms with Gasteiger partial charge < -0.3 is 10.1 Å². The quantitative estimate of drug-likeness (QED) is 0.179. The summed E-state index contributed by atoms with van der Waals surface area (Å²) in [5.74, 6) is 1.99. The van der Waals surface area contributed by atoms with Gasteiger partial charge >= 0.3 is 0 Å². The molecule has 2 aliphatic rings. The molecule has 1 saturated carbocycles. The van der Waals surface area contributed by atoms with Crippen LogP contribution in [0.2, 0.25) is 0 Å². The summed E-state index contributed by atoms with van der Waals surface area (Å²) in [6.07, 6.45) is 2.47. The molecule has 9 heteroatoms. The molecule has 1 fully saturated rings. The predicted molar refractivity (Wildman–Crippen MR) is 119 cm³/mol. The van der Waals surface area contributed by atoms with Gasteiger partial charge in [-0.15, -0.1) is 5.98 Å². The number of nitrogens with zero attached hydrogens (tertiary/aromatic N) is 1. The summed E-state index contributed by atoms with van der Waals surface area (Å²) in [4.78, 5) is 0.919. The van der Waals surface area contributed by atoms with Gasteiger partial charge in [-0.25, -0.2) is 4.39 Å². The Bertz CT molecular complexity index is 1020. The van der Waals surface area contributed by atoms with E-state index in [0.717, 1.165) is 29.9 Å². The lowest BCUT2D eigenvalue weighted by molar-refractivity contribution is 0.193. The van der Waals surface area contributed by atoms with Crippen molar-refractivity contribution in [3.63, 3.8) is 0 Å². The van der Waals surface area contributed by atoms with Gasteiger partial charge in [-0.05, 0) is 55.8 Å². The monoisotopic (exact) mass is 423 g/mol. The first-order valence-corrected chi connectivity index (χ1v) is 10.6. The van der Waals surface area contributed by atoms with E-state index in [2.05, 4.69) is 26.8 Å². The molecule has 4 N–H and O–H groups in total. The van der Waals surface area contributed by atoms with Gasteiger partial charge in [0.15, 0.2) is 11.6 Å². The van der Waals surface area contributed by atoms with Crippen LogP contribution in [0, 0.1) is 11.2 Å². The number of hydrogen-bond donors (Lipinski definition) is 4. The number of halogens is 1. The van der Waals surface area contributed by atoms with E-state index in [4.69, 9.17) is 18.0 Å². The Morgan fingerprint density at radius 2 is 2.30 bits per heavy atom. The molecular weight excluding hydrogens is 400 g/mol. The Morgan fingerprint density at radius 1 is 1.47 bits per heavy atom. The number of ether oxygens (including phenoxy) is 1. The molecule has 1 aromatic heterocycles. The molecule has 0 saturated heterocycles. The van der Waals surface area contributed by atoms with Crippen LogP contribution >= 0.6 is 11.9 Å². The van der Waals surface area contributed by atoms with Gasteiger partial charge in [0.25, 0.3) is 0 Å². The van der Waals surface area contributed by atoms with Crippen molar-refractivity contribution in [3.05, 3.63) is 59.0 Å². The van der Waals surface area contributed by atoms with Crippen molar-refractivity contribution in [2.24, 2.45) is 0 Å². The van der Waals surface area contributed by atoms with Gasteiger partial charge in [0.1, 0.15) is 14.0 Å². The van der Waals surface area contributed by atoms with Gasteiger partial charge in [-0.3, -0.25) is 15.2 Å². The van der Waals surface area contributed by atoms with Crippen LogP contribution in [0.3, 0.4) is 0 Å². The fraction of sp³-hybridized carbons (Fsp3) is 0.333. The second-order valence-electron chi connectivity index (χ2n) is 7.60. The smallest absolute Gasteiger partial charge is 0.212 e. The fourth-order valence-corrected chi connectivity index (χ4v) is 4.66. The van der Waals surface area contributed by atoms with E-state index in [1.165, 1.54) is 17.9 Å². The first-order chi connectivity index (χ1) is 14.5. The number of nitrogens with one attached hydrogen (secondary N) is 4. The number of aromatic amines is 1. The Labute approximate surface area is 180 Å². The zero-order chi connectivity index (χ0) is 21.3. The molecular formula is C21H23BFN5OS. The maximum absolute atomic E-state index is 14.7. The van der Waals surface area contributed by atoms with E-state index < -0.39 is 0 Å². The zero-order valence-corrected chi connectivity index (χ0v) is 17.5. The molecule has 2 aromatic rings. The molecule has 4 rings (SSSR count). The molecule has 2 atom stereocenters. The van der Waals surface area contributed by atoms with Crippen molar-refractivity contribution in [3.8, 4) is 0 Å². The summed E-state index contributed by atoms with van der Waals surface area (Å²) in [7, 11) is 5.58. The average molecular weight is 423 g/mol. The number of rotatable bonds is 6. The van der Waals surface area contributed by atoms with Crippen LogP contribution < -0.4 is 10.0 Å². The molecule has 0 spiro atoms. The first kappa shape index (κ1) is 20.7. The average Bonchev–Trinajstić information content (AvgIpc) is 3.45. The molecule has 1 aliphatic carbocycles. The molecule has 6 nitrogen and oxygen atoms in total. The van der Waals surface area contributed by atoms with E-state index in [-0.39, 0.29) is 23.7 Å². The molecule has 1 aromatic carbocycles. The number of benzene rings is 1. The van der Waals surface area contributed by atoms with Crippen LogP contribution in [0.25, 0.3) is 0 Å². The maximum atomic E-state index is 14.7. The molecule has 2 heterocycles. The summed E-state index contributed by atoms with van der Waals surface area (Å²) in [6, 6.07) is 5.55. The summed E-state index contributed by atoms with van der Waals surface area (Å²) in [6.45, 7) is 6.14. The molecule has 154 valence electrons. The van der Waals surface area contributed by atoms with Crippen LogP contribution in [-0.4, -0.2) is 30.0 Å². The predicted octanol–water partition coefficient (Wildman–Crippen LogP) is 4.66. The van der Waals surface area contributed by atoms with Crippen molar-refractivity contribution in [1.29, 1.82) is 5.41 Å². The lowest BCUT2D eigenvalue weighted by Crippen LogP contribution is -2.17. The highest BCUT2D eigenvalue weighted by Crippen LogP contribution is 2.37. The van der Waals surface area contributed by atoms with Gasteiger partial charge in [0.2, 0.25) is 5.90 Å². The Morgan fingerprint density at radius 3 is 3.07 bits per heavy atom. The van der Waals surface area contributed by atoms with E-state index in [0.29, 0.717) is 34.8 Å². The summed E-state index contributed by atoms with van der Waals surface area (Å²) in [5.41, 5.74) is 3.30. The van der Waals surface area contributed by atoms with Crippen molar-refractivity contribution in [2.45, 2.75) is 49.6 Å². The summed E-state index contributed by atoms with van der Waals surface area (Å²) in [5, 5.41) is 18.5. The Hall–Kier alpha value is -2.52. The SMILES string of the molecule is [B]/C=C(/C(=C)C)C(=N)OC1CCC(c2cc(Nc3ccc4c(c3F)CNS4)n[nH]2)C1. The van der Waals surface area contributed by atoms with Crippen LogP contribution in [0.15, 0.2) is 46.8 Å². The van der Waals surface area contributed by atoms with Crippen LogP contribution in [0.4, 0.5) is 15.9 Å². The van der Waals surface area contributed by atoms with Crippen molar-refractivity contribution >= 4 is 37.2 Å². The van der Waals surface area contributed by atoms with E-state index in [1.54, 1.807) is 13.0 Å².